The quantitative estimate of drug-likeness (QED) is 0.825. The largest absolute Gasteiger partial charge is 0.366 e. The van der Waals surface area contributed by atoms with Gasteiger partial charge in [0.15, 0.2) is 0 Å². The zero-order chi connectivity index (χ0) is 13.5. The molecule has 4 heteroatoms. The first-order chi connectivity index (χ1) is 9.11. The molecule has 0 radical (unpaired) electrons. The highest BCUT2D eigenvalue weighted by Crippen LogP contribution is 2.60. The summed E-state index contributed by atoms with van der Waals surface area (Å²) in [6, 6.07) is 4.43. The van der Waals surface area contributed by atoms with Gasteiger partial charge in [-0.25, -0.2) is 4.39 Å². The van der Waals surface area contributed by atoms with Gasteiger partial charge in [-0.15, -0.1) is 0 Å². The first kappa shape index (κ1) is 12.6. The lowest BCUT2D eigenvalue weighted by Crippen LogP contribution is -2.25. The van der Waals surface area contributed by atoms with Crippen molar-refractivity contribution < 1.29 is 9.18 Å². The molecule has 3 rings (SSSR count). The van der Waals surface area contributed by atoms with E-state index in [9.17, 15) is 9.18 Å². The molecule has 2 saturated carbocycles. The van der Waals surface area contributed by atoms with Crippen LogP contribution in [0.4, 0.5) is 4.39 Å². The number of carbonyl (C=O) groups is 1. The fourth-order valence-electron chi connectivity index (χ4n) is 2.88. The SMILES string of the molecule is NC(=O)c1ccc(CNCC2(C3CC3)CC2)c(F)c1. The van der Waals surface area contributed by atoms with Gasteiger partial charge in [-0.1, -0.05) is 6.07 Å². The van der Waals surface area contributed by atoms with Crippen LogP contribution in [0.1, 0.15) is 41.6 Å². The number of nitrogens with one attached hydrogen (secondary N) is 1. The second kappa shape index (κ2) is 4.60. The molecule has 2 aliphatic rings. The van der Waals surface area contributed by atoms with Crippen LogP contribution in [0.3, 0.4) is 0 Å². The topological polar surface area (TPSA) is 55.1 Å². The van der Waals surface area contributed by atoms with Crippen LogP contribution < -0.4 is 11.1 Å². The number of benzene rings is 1. The second-order valence-electron chi connectivity index (χ2n) is 5.91. The van der Waals surface area contributed by atoms with E-state index >= 15 is 0 Å². The maximum atomic E-state index is 13.8. The van der Waals surface area contributed by atoms with Crippen molar-refractivity contribution in [1.29, 1.82) is 0 Å². The molecule has 0 bridgehead atoms. The summed E-state index contributed by atoms with van der Waals surface area (Å²) < 4.78 is 13.8. The predicted octanol–water partition coefficient (Wildman–Crippen LogP) is 2.20. The lowest BCUT2D eigenvalue weighted by atomic mass is 10.0. The molecule has 3 N–H and O–H groups in total. The summed E-state index contributed by atoms with van der Waals surface area (Å²) in [4.78, 5) is 10.9. The van der Waals surface area contributed by atoms with Crippen LogP contribution in [-0.2, 0) is 6.54 Å². The number of hydrogen-bond donors (Lipinski definition) is 2. The zero-order valence-electron chi connectivity index (χ0n) is 10.9. The van der Waals surface area contributed by atoms with Gasteiger partial charge in [0.2, 0.25) is 5.91 Å². The van der Waals surface area contributed by atoms with E-state index in [2.05, 4.69) is 5.32 Å². The van der Waals surface area contributed by atoms with Gasteiger partial charge in [-0.05, 0) is 49.1 Å². The minimum absolute atomic E-state index is 0.220. The summed E-state index contributed by atoms with van der Waals surface area (Å²) in [5.41, 5.74) is 6.45. The van der Waals surface area contributed by atoms with E-state index in [0.717, 1.165) is 12.5 Å². The first-order valence-corrected chi connectivity index (χ1v) is 6.90. The van der Waals surface area contributed by atoms with Crippen LogP contribution in [0, 0.1) is 17.2 Å². The van der Waals surface area contributed by atoms with Crippen molar-refractivity contribution in [2.75, 3.05) is 6.54 Å². The van der Waals surface area contributed by atoms with Crippen molar-refractivity contribution in [1.82, 2.24) is 5.32 Å². The first-order valence-electron chi connectivity index (χ1n) is 6.90. The molecule has 2 aliphatic carbocycles. The molecular weight excluding hydrogens is 243 g/mol. The number of carbonyl (C=O) groups excluding carboxylic acids is 1. The Balaban J connectivity index is 1.56. The molecule has 1 amide bonds. The number of primary amides is 1. The third-order valence-corrected chi connectivity index (χ3v) is 4.47. The molecule has 1 aromatic rings. The van der Waals surface area contributed by atoms with Crippen molar-refractivity contribution in [3.8, 4) is 0 Å². The van der Waals surface area contributed by atoms with E-state index in [-0.39, 0.29) is 11.4 Å². The maximum absolute atomic E-state index is 13.8. The van der Waals surface area contributed by atoms with E-state index in [4.69, 9.17) is 5.73 Å². The van der Waals surface area contributed by atoms with Crippen LogP contribution in [0.15, 0.2) is 18.2 Å². The average Bonchev–Trinajstić information content (AvgIpc) is 3.24. The Morgan fingerprint density at radius 1 is 1.42 bits per heavy atom. The summed E-state index contributed by atoms with van der Waals surface area (Å²) >= 11 is 0. The minimum Gasteiger partial charge on any atom is -0.366 e. The third kappa shape index (κ3) is 2.63. The number of rotatable bonds is 6. The van der Waals surface area contributed by atoms with Gasteiger partial charge in [-0.2, -0.15) is 0 Å². The summed E-state index contributed by atoms with van der Waals surface area (Å²) in [7, 11) is 0. The highest BCUT2D eigenvalue weighted by molar-refractivity contribution is 5.92. The third-order valence-electron chi connectivity index (χ3n) is 4.47. The maximum Gasteiger partial charge on any atom is 0.248 e. The van der Waals surface area contributed by atoms with Crippen LogP contribution >= 0.6 is 0 Å². The highest BCUT2D eigenvalue weighted by Gasteiger charge is 2.53. The molecule has 0 atom stereocenters. The van der Waals surface area contributed by atoms with Crippen molar-refractivity contribution in [3.63, 3.8) is 0 Å². The summed E-state index contributed by atoms with van der Waals surface area (Å²) in [5, 5.41) is 3.36. The van der Waals surface area contributed by atoms with Crippen molar-refractivity contribution in [2.45, 2.75) is 32.2 Å². The molecule has 0 aliphatic heterocycles. The fraction of sp³-hybridized carbons (Fsp3) is 0.533. The molecule has 0 spiro atoms. The number of halogens is 1. The average molecular weight is 262 g/mol. The Labute approximate surface area is 112 Å². The Bertz CT molecular complexity index is 507. The molecule has 3 nitrogen and oxygen atoms in total. The smallest absolute Gasteiger partial charge is 0.248 e. The van der Waals surface area contributed by atoms with E-state index in [1.54, 1.807) is 12.1 Å². The Morgan fingerprint density at radius 2 is 2.16 bits per heavy atom. The van der Waals surface area contributed by atoms with Crippen LogP contribution in [0.25, 0.3) is 0 Å². The minimum atomic E-state index is -0.593. The molecule has 0 aromatic heterocycles. The molecule has 1 aromatic carbocycles. The van der Waals surface area contributed by atoms with E-state index in [1.165, 1.54) is 31.7 Å². The highest BCUT2D eigenvalue weighted by atomic mass is 19.1. The van der Waals surface area contributed by atoms with Gasteiger partial charge in [0.1, 0.15) is 5.82 Å². The van der Waals surface area contributed by atoms with Crippen molar-refractivity contribution in [3.05, 3.63) is 35.1 Å². The van der Waals surface area contributed by atoms with E-state index in [1.807, 2.05) is 0 Å². The fourth-order valence-corrected chi connectivity index (χ4v) is 2.88. The predicted molar refractivity (Wildman–Crippen MR) is 71.0 cm³/mol. The monoisotopic (exact) mass is 262 g/mol. The second-order valence-corrected chi connectivity index (χ2v) is 5.91. The van der Waals surface area contributed by atoms with Gasteiger partial charge < -0.3 is 11.1 Å². The molecule has 102 valence electrons. The molecule has 2 fully saturated rings. The zero-order valence-corrected chi connectivity index (χ0v) is 10.9. The van der Waals surface area contributed by atoms with Crippen LogP contribution in [0.5, 0.6) is 0 Å². The number of hydrogen-bond acceptors (Lipinski definition) is 2. The lowest BCUT2D eigenvalue weighted by molar-refractivity contribution is 0.1000. The molecule has 19 heavy (non-hydrogen) atoms. The normalized spacial score (nSPS) is 20.3. The molecular formula is C15H19FN2O. The van der Waals surface area contributed by atoms with Gasteiger partial charge in [0.25, 0.3) is 0 Å². The summed E-state index contributed by atoms with van der Waals surface area (Å²) in [5.74, 6) is -0.0498. The molecule has 0 heterocycles. The molecule has 0 unspecified atom stereocenters. The van der Waals surface area contributed by atoms with Gasteiger partial charge in [-0.3, -0.25) is 4.79 Å². The van der Waals surface area contributed by atoms with E-state index in [0.29, 0.717) is 17.5 Å². The Hall–Kier alpha value is -1.42. The van der Waals surface area contributed by atoms with Crippen LogP contribution in [-0.4, -0.2) is 12.5 Å². The summed E-state index contributed by atoms with van der Waals surface area (Å²) in [6.45, 7) is 1.49. The standard InChI is InChI=1S/C15H19FN2O/c16-13-7-10(14(17)19)1-2-11(13)8-18-9-15(5-6-15)12-3-4-12/h1-2,7,12,18H,3-6,8-9H2,(H2,17,19). The van der Waals surface area contributed by atoms with E-state index < -0.39 is 5.91 Å². The van der Waals surface area contributed by atoms with Crippen molar-refractivity contribution in [2.24, 2.45) is 17.1 Å². The molecule has 0 saturated heterocycles. The number of nitrogens with two attached hydrogens (primary N) is 1. The Morgan fingerprint density at radius 3 is 2.68 bits per heavy atom. The van der Waals surface area contributed by atoms with Crippen LogP contribution in [0.2, 0.25) is 0 Å². The summed E-state index contributed by atoms with van der Waals surface area (Å²) in [6.07, 6.45) is 5.36. The van der Waals surface area contributed by atoms with Gasteiger partial charge in [0.05, 0.1) is 0 Å². The van der Waals surface area contributed by atoms with Gasteiger partial charge >= 0.3 is 0 Å². The lowest BCUT2D eigenvalue weighted by Gasteiger charge is -2.15. The van der Waals surface area contributed by atoms with Crippen molar-refractivity contribution >= 4 is 5.91 Å². The Kier molecular flexibility index (Phi) is 3.05. The number of amides is 1. The van der Waals surface area contributed by atoms with Gasteiger partial charge in [0, 0.05) is 24.2 Å².